The van der Waals surface area contributed by atoms with Crippen molar-refractivity contribution in [3.8, 4) is 0 Å². The van der Waals surface area contributed by atoms with Crippen LogP contribution in [0.4, 0.5) is 5.69 Å². The first-order valence-electron chi connectivity index (χ1n) is 3.79. The van der Waals surface area contributed by atoms with E-state index in [9.17, 15) is 4.79 Å². The van der Waals surface area contributed by atoms with Crippen LogP contribution in [0.2, 0.25) is 0 Å². The Bertz CT molecular complexity index is 325. The highest BCUT2D eigenvalue weighted by Crippen LogP contribution is 2.19. The summed E-state index contributed by atoms with van der Waals surface area (Å²) in [5, 5.41) is 0.668. The maximum absolute atomic E-state index is 11.5. The monoisotopic (exact) mass is 305 g/mol. The van der Waals surface area contributed by atoms with Crippen molar-refractivity contribution in [2.45, 2.75) is 6.42 Å². The molecular formula is C9H9Br2NO. The van der Waals surface area contributed by atoms with Crippen molar-refractivity contribution in [2.24, 2.45) is 0 Å². The first-order chi connectivity index (χ1) is 6.15. The van der Waals surface area contributed by atoms with Crippen LogP contribution < -0.4 is 5.73 Å². The summed E-state index contributed by atoms with van der Waals surface area (Å²) in [6.45, 7) is 0. The summed E-state index contributed by atoms with van der Waals surface area (Å²) >= 11 is 6.50. The van der Waals surface area contributed by atoms with Gasteiger partial charge in [0.1, 0.15) is 0 Å². The topological polar surface area (TPSA) is 43.1 Å². The Balaban J connectivity index is 2.95. The van der Waals surface area contributed by atoms with Crippen LogP contribution in [0.15, 0.2) is 22.7 Å². The summed E-state index contributed by atoms with van der Waals surface area (Å²) < 4.78 is 0.889. The average Bonchev–Trinajstić information content (AvgIpc) is 2.04. The minimum Gasteiger partial charge on any atom is -0.398 e. The van der Waals surface area contributed by atoms with Crippen molar-refractivity contribution in [3.05, 3.63) is 28.2 Å². The molecule has 0 saturated heterocycles. The van der Waals surface area contributed by atoms with Gasteiger partial charge in [-0.2, -0.15) is 0 Å². The molecular weight excluding hydrogens is 298 g/mol. The Morgan fingerprint density at radius 2 is 2.15 bits per heavy atom. The molecule has 1 rings (SSSR count). The van der Waals surface area contributed by atoms with Crippen LogP contribution in [-0.2, 0) is 0 Å². The van der Waals surface area contributed by atoms with E-state index in [-0.39, 0.29) is 5.78 Å². The van der Waals surface area contributed by atoms with Gasteiger partial charge in [-0.1, -0.05) is 31.9 Å². The molecule has 0 unspecified atom stereocenters. The van der Waals surface area contributed by atoms with Crippen LogP contribution in [0.25, 0.3) is 0 Å². The molecule has 0 atom stereocenters. The third-order valence-corrected chi connectivity index (χ3v) is 2.53. The lowest BCUT2D eigenvalue weighted by Gasteiger charge is -2.03. The van der Waals surface area contributed by atoms with E-state index >= 15 is 0 Å². The second-order valence-corrected chi connectivity index (χ2v) is 4.30. The van der Waals surface area contributed by atoms with Gasteiger partial charge in [0.15, 0.2) is 5.78 Å². The molecule has 0 radical (unpaired) electrons. The van der Waals surface area contributed by atoms with Gasteiger partial charge in [0.05, 0.1) is 0 Å². The highest BCUT2D eigenvalue weighted by molar-refractivity contribution is 9.10. The Morgan fingerprint density at radius 1 is 1.46 bits per heavy atom. The molecule has 70 valence electrons. The minimum absolute atomic E-state index is 0.0712. The number of anilines is 1. The number of carbonyl (C=O) groups excluding carboxylic acids is 1. The molecule has 0 aliphatic carbocycles. The van der Waals surface area contributed by atoms with Gasteiger partial charge in [-0.3, -0.25) is 4.79 Å². The largest absolute Gasteiger partial charge is 0.398 e. The number of halogens is 2. The van der Waals surface area contributed by atoms with Gasteiger partial charge in [0.25, 0.3) is 0 Å². The van der Waals surface area contributed by atoms with E-state index in [1.54, 1.807) is 12.1 Å². The average molecular weight is 307 g/mol. The van der Waals surface area contributed by atoms with Crippen molar-refractivity contribution >= 4 is 43.3 Å². The third-order valence-electron chi connectivity index (χ3n) is 1.64. The van der Waals surface area contributed by atoms with Gasteiger partial charge in [0.2, 0.25) is 0 Å². The van der Waals surface area contributed by atoms with E-state index in [0.29, 0.717) is 23.0 Å². The Hall–Kier alpha value is -0.350. The summed E-state index contributed by atoms with van der Waals surface area (Å²) in [5.74, 6) is 0.0712. The normalized spacial score (nSPS) is 10.0. The zero-order valence-electron chi connectivity index (χ0n) is 6.89. The SMILES string of the molecule is Nc1cc(Br)ccc1C(=O)CCBr. The number of Topliss-reactive ketones (excluding diaryl/α,β-unsaturated/α-hetero) is 1. The lowest BCUT2D eigenvalue weighted by atomic mass is 10.1. The van der Waals surface area contributed by atoms with Gasteiger partial charge in [-0.15, -0.1) is 0 Å². The number of carbonyl (C=O) groups is 1. The number of rotatable bonds is 3. The van der Waals surface area contributed by atoms with Gasteiger partial charge in [-0.05, 0) is 18.2 Å². The third kappa shape index (κ3) is 2.81. The maximum atomic E-state index is 11.5. The highest BCUT2D eigenvalue weighted by Gasteiger charge is 2.08. The molecule has 0 aliphatic rings. The second-order valence-electron chi connectivity index (χ2n) is 2.59. The molecule has 0 bridgehead atoms. The lowest BCUT2D eigenvalue weighted by molar-refractivity contribution is 0.0990. The summed E-state index contributed by atoms with van der Waals surface area (Å²) in [5.41, 5.74) is 6.81. The zero-order chi connectivity index (χ0) is 9.84. The molecule has 0 aromatic heterocycles. The molecule has 2 nitrogen and oxygen atoms in total. The number of nitrogens with two attached hydrogens (primary N) is 1. The van der Waals surface area contributed by atoms with Crippen LogP contribution >= 0.6 is 31.9 Å². The van der Waals surface area contributed by atoms with Crippen molar-refractivity contribution in [1.82, 2.24) is 0 Å². The van der Waals surface area contributed by atoms with Crippen molar-refractivity contribution in [1.29, 1.82) is 0 Å². The summed E-state index contributed by atoms with van der Waals surface area (Å²) in [6.07, 6.45) is 0.478. The number of hydrogen-bond donors (Lipinski definition) is 1. The van der Waals surface area contributed by atoms with E-state index < -0.39 is 0 Å². The van der Waals surface area contributed by atoms with Gasteiger partial charge in [-0.25, -0.2) is 0 Å². The fraction of sp³-hybridized carbons (Fsp3) is 0.222. The first-order valence-corrected chi connectivity index (χ1v) is 5.71. The Morgan fingerprint density at radius 3 is 2.69 bits per heavy atom. The molecule has 0 heterocycles. The second kappa shape index (κ2) is 4.77. The molecule has 1 aromatic carbocycles. The predicted molar refractivity (Wildman–Crippen MR) is 61.3 cm³/mol. The van der Waals surface area contributed by atoms with E-state index in [0.717, 1.165) is 4.47 Å². The number of ketones is 1. The van der Waals surface area contributed by atoms with Crippen molar-refractivity contribution in [2.75, 3.05) is 11.1 Å². The maximum Gasteiger partial charge on any atom is 0.165 e. The fourth-order valence-electron chi connectivity index (χ4n) is 1.01. The number of alkyl halides is 1. The fourth-order valence-corrected chi connectivity index (χ4v) is 1.75. The van der Waals surface area contributed by atoms with E-state index in [4.69, 9.17) is 5.73 Å². The van der Waals surface area contributed by atoms with Gasteiger partial charge < -0.3 is 5.73 Å². The van der Waals surface area contributed by atoms with Crippen LogP contribution in [0, 0.1) is 0 Å². The van der Waals surface area contributed by atoms with Crippen LogP contribution in [0.3, 0.4) is 0 Å². The molecule has 1 aromatic rings. The van der Waals surface area contributed by atoms with Crippen LogP contribution in [0.1, 0.15) is 16.8 Å². The highest BCUT2D eigenvalue weighted by atomic mass is 79.9. The number of nitrogen functional groups attached to an aromatic ring is 1. The summed E-state index contributed by atoms with van der Waals surface area (Å²) in [7, 11) is 0. The molecule has 0 amide bonds. The van der Waals surface area contributed by atoms with Crippen LogP contribution in [-0.4, -0.2) is 11.1 Å². The van der Waals surface area contributed by atoms with Gasteiger partial charge in [0, 0.05) is 27.5 Å². The standard InChI is InChI=1S/C9H9Br2NO/c10-4-3-9(13)7-2-1-6(11)5-8(7)12/h1-2,5H,3-4,12H2. The molecule has 2 N–H and O–H groups in total. The minimum atomic E-state index is 0.0712. The molecule has 13 heavy (non-hydrogen) atoms. The Labute approximate surface area is 93.8 Å². The van der Waals surface area contributed by atoms with E-state index in [1.807, 2.05) is 6.07 Å². The lowest BCUT2D eigenvalue weighted by Crippen LogP contribution is -2.03. The van der Waals surface area contributed by atoms with Gasteiger partial charge >= 0.3 is 0 Å². The first kappa shape index (κ1) is 10.7. The molecule has 4 heteroatoms. The van der Waals surface area contributed by atoms with Crippen molar-refractivity contribution in [3.63, 3.8) is 0 Å². The summed E-state index contributed by atoms with van der Waals surface area (Å²) in [6, 6.07) is 5.30. The summed E-state index contributed by atoms with van der Waals surface area (Å²) in [4.78, 5) is 11.5. The number of hydrogen-bond acceptors (Lipinski definition) is 2. The van der Waals surface area contributed by atoms with Crippen LogP contribution in [0.5, 0.6) is 0 Å². The Kier molecular flexibility index (Phi) is 3.93. The molecule has 0 fully saturated rings. The zero-order valence-corrected chi connectivity index (χ0v) is 10.1. The van der Waals surface area contributed by atoms with E-state index in [2.05, 4.69) is 31.9 Å². The molecule has 0 spiro atoms. The quantitative estimate of drug-likeness (QED) is 0.530. The molecule has 0 saturated carbocycles. The number of benzene rings is 1. The predicted octanol–water partition coefficient (Wildman–Crippen LogP) is 3.00. The van der Waals surface area contributed by atoms with Crippen molar-refractivity contribution < 1.29 is 4.79 Å². The molecule has 0 aliphatic heterocycles. The van der Waals surface area contributed by atoms with E-state index in [1.165, 1.54) is 0 Å². The smallest absolute Gasteiger partial charge is 0.165 e.